The van der Waals surface area contributed by atoms with Crippen molar-refractivity contribution < 1.29 is 4.79 Å². The Morgan fingerprint density at radius 3 is 2.62 bits per heavy atom. The molecule has 0 fully saturated rings. The minimum absolute atomic E-state index is 0.315. The molecular formula is C6H7NO. The fourth-order valence-electron chi connectivity index (χ4n) is 0.211. The number of allylic oxidation sites excluding steroid dienone is 3. The van der Waals surface area contributed by atoms with Crippen molar-refractivity contribution in [2.45, 2.75) is 0 Å². The first-order valence-corrected chi connectivity index (χ1v) is 2.15. The van der Waals surface area contributed by atoms with Crippen LogP contribution in [0, 0.1) is 5.41 Å². The number of carbonyl (C=O) groups excluding carboxylic acids is 1. The fourth-order valence-corrected chi connectivity index (χ4v) is 0.211. The van der Waals surface area contributed by atoms with Gasteiger partial charge in [-0.15, -0.1) is 0 Å². The van der Waals surface area contributed by atoms with E-state index in [4.69, 9.17) is 5.41 Å². The van der Waals surface area contributed by atoms with Gasteiger partial charge in [-0.2, -0.15) is 0 Å². The van der Waals surface area contributed by atoms with Gasteiger partial charge in [0.15, 0.2) is 5.78 Å². The van der Waals surface area contributed by atoms with E-state index in [2.05, 4.69) is 6.58 Å². The topological polar surface area (TPSA) is 40.9 Å². The average Bonchev–Trinajstić information content (AvgIpc) is 1.83. The zero-order valence-electron chi connectivity index (χ0n) is 4.42. The molecule has 0 bridgehead atoms. The number of nitrogens with one attached hydrogen (secondary N) is 1. The summed E-state index contributed by atoms with van der Waals surface area (Å²) in [5.74, 6) is -0.315. The van der Waals surface area contributed by atoms with E-state index >= 15 is 0 Å². The molecule has 0 aliphatic heterocycles. The summed E-state index contributed by atoms with van der Waals surface area (Å²) in [6.07, 6.45) is 5.01. The van der Waals surface area contributed by atoms with Gasteiger partial charge in [0.05, 0.1) is 6.21 Å². The second-order valence-electron chi connectivity index (χ2n) is 1.14. The highest BCUT2D eigenvalue weighted by atomic mass is 16.1. The van der Waals surface area contributed by atoms with Crippen LogP contribution in [0.2, 0.25) is 0 Å². The van der Waals surface area contributed by atoms with Gasteiger partial charge < -0.3 is 5.41 Å². The molecule has 1 N–H and O–H groups in total. The molecule has 0 heterocycles. The maximum atomic E-state index is 10.2. The van der Waals surface area contributed by atoms with Crippen LogP contribution < -0.4 is 0 Å². The highest BCUT2D eigenvalue weighted by molar-refractivity contribution is 6.31. The van der Waals surface area contributed by atoms with Crippen LogP contribution in [0.15, 0.2) is 24.8 Å². The Labute approximate surface area is 48.0 Å². The van der Waals surface area contributed by atoms with Crippen molar-refractivity contribution >= 4 is 12.0 Å². The van der Waals surface area contributed by atoms with Crippen molar-refractivity contribution in [2.24, 2.45) is 0 Å². The van der Waals surface area contributed by atoms with E-state index < -0.39 is 0 Å². The molecule has 0 amide bonds. The van der Waals surface area contributed by atoms with Gasteiger partial charge >= 0.3 is 0 Å². The molecule has 0 rings (SSSR count). The first kappa shape index (κ1) is 6.82. The van der Waals surface area contributed by atoms with E-state index in [0.29, 0.717) is 0 Å². The summed E-state index contributed by atoms with van der Waals surface area (Å²) in [6.45, 7) is 3.35. The van der Waals surface area contributed by atoms with Gasteiger partial charge in [-0.1, -0.05) is 18.7 Å². The molecule has 0 atom stereocenters. The van der Waals surface area contributed by atoms with E-state index in [0.717, 1.165) is 6.21 Å². The van der Waals surface area contributed by atoms with E-state index in [1.165, 1.54) is 18.2 Å². The zero-order chi connectivity index (χ0) is 6.41. The molecule has 0 aromatic rings. The molecule has 0 spiro atoms. The summed E-state index contributed by atoms with van der Waals surface area (Å²) in [4.78, 5) is 10.2. The van der Waals surface area contributed by atoms with E-state index in [1.807, 2.05) is 0 Å². The molecular weight excluding hydrogens is 102 g/mol. The summed E-state index contributed by atoms with van der Waals surface area (Å²) in [7, 11) is 0. The third-order valence-electron chi connectivity index (χ3n) is 0.539. The van der Waals surface area contributed by atoms with Crippen LogP contribution >= 0.6 is 0 Å². The van der Waals surface area contributed by atoms with Gasteiger partial charge in [0, 0.05) is 0 Å². The standard InChI is InChI=1S/C6H7NO/c1-2-3-4-6(8)5-7/h2-5,7H,1H2. The van der Waals surface area contributed by atoms with Gasteiger partial charge in [-0.25, -0.2) is 0 Å². The minimum Gasteiger partial charge on any atom is -0.305 e. The maximum Gasteiger partial charge on any atom is 0.196 e. The summed E-state index contributed by atoms with van der Waals surface area (Å²) in [5.41, 5.74) is 0. The predicted molar refractivity (Wildman–Crippen MR) is 33.1 cm³/mol. The summed E-state index contributed by atoms with van der Waals surface area (Å²) in [5, 5.41) is 6.43. The Bertz CT molecular complexity index is 135. The first-order chi connectivity index (χ1) is 3.81. The molecule has 0 unspecified atom stereocenters. The number of hydrogen-bond acceptors (Lipinski definition) is 2. The Kier molecular flexibility index (Phi) is 3.40. The van der Waals surface area contributed by atoms with E-state index in [9.17, 15) is 4.79 Å². The molecule has 0 saturated heterocycles. The largest absolute Gasteiger partial charge is 0.305 e. The van der Waals surface area contributed by atoms with Crippen molar-refractivity contribution in [1.82, 2.24) is 0 Å². The van der Waals surface area contributed by atoms with Crippen LogP contribution in [0.5, 0.6) is 0 Å². The Morgan fingerprint density at radius 2 is 2.25 bits per heavy atom. The lowest BCUT2D eigenvalue weighted by Crippen LogP contribution is -1.89. The van der Waals surface area contributed by atoms with Crippen LogP contribution in [0.3, 0.4) is 0 Å². The predicted octanol–water partition coefficient (Wildman–Crippen LogP) is 0.947. The van der Waals surface area contributed by atoms with Crippen LogP contribution in [0.25, 0.3) is 0 Å². The van der Waals surface area contributed by atoms with Crippen molar-refractivity contribution in [3.8, 4) is 0 Å². The SMILES string of the molecule is C=CC=CC(=O)C=N. The lowest BCUT2D eigenvalue weighted by Gasteiger charge is -1.72. The van der Waals surface area contributed by atoms with Gasteiger partial charge in [-0.3, -0.25) is 4.79 Å². The normalized spacial score (nSPS) is 9.00. The maximum absolute atomic E-state index is 10.2. The van der Waals surface area contributed by atoms with Gasteiger partial charge in [0.2, 0.25) is 0 Å². The second kappa shape index (κ2) is 3.99. The molecule has 0 radical (unpaired) electrons. The molecule has 0 aromatic carbocycles. The Hall–Kier alpha value is -1.18. The molecule has 0 saturated carbocycles. The number of carbonyl (C=O) groups is 1. The smallest absolute Gasteiger partial charge is 0.196 e. The van der Waals surface area contributed by atoms with Crippen LogP contribution in [0.4, 0.5) is 0 Å². The zero-order valence-corrected chi connectivity index (χ0v) is 4.42. The van der Waals surface area contributed by atoms with Gasteiger partial charge in [-0.05, 0) is 6.08 Å². The third kappa shape index (κ3) is 3.03. The molecule has 8 heavy (non-hydrogen) atoms. The Morgan fingerprint density at radius 1 is 1.62 bits per heavy atom. The lowest BCUT2D eigenvalue weighted by molar-refractivity contribution is -0.108. The minimum atomic E-state index is -0.315. The highest BCUT2D eigenvalue weighted by Crippen LogP contribution is 1.72. The molecule has 0 aliphatic carbocycles. The number of ketones is 1. The summed E-state index contributed by atoms with van der Waals surface area (Å²) < 4.78 is 0. The third-order valence-corrected chi connectivity index (χ3v) is 0.539. The van der Waals surface area contributed by atoms with Crippen molar-refractivity contribution in [2.75, 3.05) is 0 Å². The fraction of sp³-hybridized carbons (Fsp3) is 0. The van der Waals surface area contributed by atoms with Gasteiger partial charge in [0.1, 0.15) is 0 Å². The first-order valence-electron chi connectivity index (χ1n) is 2.15. The molecule has 0 aromatic heterocycles. The molecule has 2 heteroatoms. The molecule has 0 aliphatic rings. The van der Waals surface area contributed by atoms with Crippen LogP contribution in [-0.2, 0) is 4.79 Å². The average molecular weight is 109 g/mol. The highest BCUT2D eigenvalue weighted by Gasteiger charge is 1.81. The second-order valence-corrected chi connectivity index (χ2v) is 1.14. The van der Waals surface area contributed by atoms with E-state index in [1.54, 1.807) is 0 Å². The van der Waals surface area contributed by atoms with Crippen LogP contribution in [-0.4, -0.2) is 12.0 Å². The monoisotopic (exact) mass is 109 g/mol. The number of hydrogen-bond donors (Lipinski definition) is 1. The van der Waals surface area contributed by atoms with Crippen molar-refractivity contribution in [1.29, 1.82) is 5.41 Å². The molecule has 2 nitrogen and oxygen atoms in total. The number of rotatable bonds is 3. The molecule has 42 valence electrons. The van der Waals surface area contributed by atoms with Gasteiger partial charge in [0.25, 0.3) is 0 Å². The van der Waals surface area contributed by atoms with Crippen molar-refractivity contribution in [3.05, 3.63) is 24.8 Å². The lowest BCUT2D eigenvalue weighted by atomic mass is 10.4. The quantitative estimate of drug-likeness (QED) is 0.327. The van der Waals surface area contributed by atoms with E-state index in [-0.39, 0.29) is 5.78 Å². The Balaban J connectivity index is 3.69. The van der Waals surface area contributed by atoms with Crippen LogP contribution in [0.1, 0.15) is 0 Å². The summed E-state index contributed by atoms with van der Waals surface area (Å²) in [6, 6.07) is 0. The van der Waals surface area contributed by atoms with Crippen molar-refractivity contribution in [3.63, 3.8) is 0 Å². The summed E-state index contributed by atoms with van der Waals surface area (Å²) >= 11 is 0.